The number of ether oxygens (including phenoxy) is 1. The molecule has 16 heavy (non-hydrogen) atoms. The maximum Gasteiger partial charge on any atom is 0.248 e. The Hall–Kier alpha value is -0.620. The summed E-state index contributed by atoms with van der Waals surface area (Å²) in [5.41, 5.74) is 0. The highest BCUT2D eigenvalue weighted by molar-refractivity contribution is 7.92. The Labute approximate surface area is 96.7 Å². The van der Waals surface area contributed by atoms with Gasteiger partial charge >= 0.3 is 0 Å². The van der Waals surface area contributed by atoms with Crippen LogP contribution in [0.1, 0.15) is 19.8 Å². The van der Waals surface area contributed by atoms with E-state index in [-0.39, 0.29) is 23.5 Å². The summed E-state index contributed by atoms with van der Waals surface area (Å²) in [6.45, 7) is 2.78. The summed E-state index contributed by atoms with van der Waals surface area (Å²) in [4.78, 5) is 13.1. The molecule has 0 aromatic rings. The molecule has 1 saturated heterocycles. The van der Waals surface area contributed by atoms with E-state index in [2.05, 4.69) is 0 Å². The smallest absolute Gasteiger partial charge is 0.248 e. The first-order valence-corrected chi connectivity index (χ1v) is 7.21. The van der Waals surface area contributed by atoms with Crippen LogP contribution in [-0.4, -0.2) is 57.0 Å². The van der Waals surface area contributed by atoms with Crippen LogP contribution in [-0.2, 0) is 19.4 Å². The van der Waals surface area contributed by atoms with Crippen molar-refractivity contribution in [2.45, 2.75) is 25.0 Å². The zero-order chi connectivity index (χ0) is 12.2. The van der Waals surface area contributed by atoms with Crippen LogP contribution in [0.4, 0.5) is 0 Å². The minimum atomic E-state index is -2.95. The van der Waals surface area contributed by atoms with Crippen LogP contribution in [0.25, 0.3) is 0 Å². The predicted octanol–water partition coefficient (Wildman–Crippen LogP) is 0.0585. The molecule has 0 radical (unpaired) electrons. The van der Waals surface area contributed by atoms with Gasteiger partial charge in [0.2, 0.25) is 5.91 Å². The molecule has 1 aliphatic rings. The number of nitrogens with zero attached hydrogens (tertiary/aromatic N) is 1. The molecule has 6 heteroatoms. The Morgan fingerprint density at radius 1 is 1.38 bits per heavy atom. The molecule has 0 spiro atoms. The van der Waals surface area contributed by atoms with Crippen LogP contribution in [0, 0.1) is 0 Å². The van der Waals surface area contributed by atoms with E-state index in [4.69, 9.17) is 4.74 Å². The van der Waals surface area contributed by atoms with E-state index >= 15 is 0 Å². The molecular formula is C10H19NO4S. The lowest BCUT2D eigenvalue weighted by Gasteiger charge is -2.31. The number of carbonyl (C=O) groups excluding carboxylic acids is 1. The molecule has 0 aromatic carbocycles. The molecule has 5 nitrogen and oxygen atoms in total. The van der Waals surface area contributed by atoms with Gasteiger partial charge in [-0.25, -0.2) is 8.42 Å². The van der Waals surface area contributed by atoms with Gasteiger partial charge in [-0.3, -0.25) is 4.79 Å². The van der Waals surface area contributed by atoms with Crippen LogP contribution in [0.3, 0.4) is 0 Å². The van der Waals surface area contributed by atoms with Crippen molar-refractivity contribution in [3.05, 3.63) is 0 Å². The van der Waals surface area contributed by atoms with E-state index in [9.17, 15) is 13.2 Å². The van der Waals surface area contributed by atoms with Gasteiger partial charge in [0.25, 0.3) is 0 Å². The molecule has 1 rings (SSSR count). The molecule has 0 bridgehead atoms. The molecular weight excluding hydrogens is 230 g/mol. The number of carbonyl (C=O) groups is 1. The van der Waals surface area contributed by atoms with Gasteiger partial charge in [-0.15, -0.1) is 0 Å². The third-order valence-electron chi connectivity index (χ3n) is 2.97. The van der Waals surface area contributed by atoms with Crippen molar-refractivity contribution in [2.24, 2.45) is 0 Å². The Morgan fingerprint density at radius 3 is 2.38 bits per heavy atom. The second kappa shape index (κ2) is 5.63. The average Bonchev–Trinajstić information content (AvgIpc) is 2.29. The highest BCUT2D eigenvalue weighted by Crippen LogP contribution is 2.18. The van der Waals surface area contributed by atoms with Gasteiger partial charge in [0, 0.05) is 26.0 Å². The number of methoxy groups -OCH3 is 1. The average molecular weight is 249 g/mol. The normalized spacial score (nSPS) is 18.8. The fourth-order valence-corrected chi connectivity index (χ4v) is 3.32. The fraction of sp³-hybridized carbons (Fsp3) is 0.900. The summed E-state index contributed by atoms with van der Waals surface area (Å²) >= 11 is 0. The monoisotopic (exact) mass is 249 g/mol. The van der Waals surface area contributed by atoms with Gasteiger partial charge < -0.3 is 9.64 Å². The Morgan fingerprint density at radius 2 is 1.94 bits per heavy atom. The maximum atomic E-state index is 11.6. The predicted molar refractivity (Wildman–Crippen MR) is 60.9 cm³/mol. The standard InChI is InChI=1S/C10H19NO4S/c1-3-16(13,14)9-4-6-11(7-5-9)10(12)8-15-2/h9H,3-8H2,1-2H3. The highest BCUT2D eigenvalue weighted by Gasteiger charge is 2.29. The molecule has 1 amide bonds. The van der Waals surface area contributed by atoms with Crippen LogP contribution < -0.4 is 0 Å². The van der Waals surface area contributed by atoms with Gasteiger partial charge in [0.15, 0.2) is 9.84 Å². The molecule has 0 aliphatic carbocycles. The largest absolute Gasteiger partial charge is 0.375 e. The molecule has 0 saturated carbocycles. The van der Waals surface area contributed by atoms with Crippen molar-refractivity contribution < 1.29 is 17.9 Å². The van der Waals surface area contributed by atoms with Gasteiger partial charge in [0.05, 0.1) is 5.25 Å². The van der Waals surface area contributed by atoms with Gasteiger partial charge in [-0.05, 0) is 12.8 Å². The zero-order valence-electron chi connectivity index (χ0n) is 9.81. The number of rotatable bonds is 4. The summed E-state index contributed by atoms with van der Waals surface area (Å²) < 4.78 is 28.0. The summed E-state index contributed by atoms with van der Waals surface area (Å²) in [5.74, 6) is 0.124. The summed E-state index contributed by atoms with van der Waals surface area (Å²) in [5, 5.41) is -0.274. The molecule has 0 N–H and O–H groups in total. The summed E-state index contributed by atoms with van der Waals surface area (Å²) in [6.07, 6.45) is 1.09. The topological polar surface area (TPSA) is 63.7 Å². The minimum Gasteiger partial charge on any atom is -0.375 e. The van der Waals surface area contributed by atoms with Crippen molar-refractivity contribution in [1.82, 2.24) is 4.90 Å². The van der Waals surface area contributed by atoms with Gasteiger partial charge in [0.1, 0.15) is 6.61 Å². The third kappa shape index (κ3) is 3.18. The van der Waals surface area contributed by atoms with Crippen molar-refractivity contribution in [3.63, 3.8) is 0 Å². The van der Waals surface area contributed by atoms with E-state index in [0.29, 0.717) is 25.9 Å². The van der Waals surface area contributed by atoms with Crippen LogP contribution in [0.5, 0.6) is 0 Å². The quantitative estimate of drug-likeness (QED) is 0.706. The van der Waals surface area contributed by atoms with E-state index in [1.54, 1.807) is 11.8 Å². The number of likely N-dealkylation sites (tertiary alicyclic amines) is 1. The molecule has 1 fully saturated rings. The number of amides is 1. The van der Waals surface area contributed by atoms with E-state index in [0.717, 1.165) is 0 Å². The lowest BCUT2D eigenvalue weighted by molar-refractivity contribution is -0.135. The fourth-order valence-electron chi connectivity index (χ4n) is 1.91. The molecule has 1 heterocycles. The zero-order valence-corrected chi connectivity index (χ0v) is 10.6. The number of hydrogen-bond acceptors (Lipinski definition) is 4. The van der Waals surface area contributed by atoms with Crippen LogP contribution in [0.15, 0.2) is 0 Å². The Kier molecular flexibility index (Phi) is 4.73. The number of piperidine rings is 1. The maximum absolute atomic E-state index is 11.6. The molecule has 94 valence electrons. The van der Waals surface area contributed by atoms with Crippen molar-refractivity contribution in [1.29, 1.82) is 0 Å². The lowest BCUT2D eigenvalue weighted by atomic mass is 10.1. The highest BCUT2D eigenvalue weighted by atomic mass is 32.2. The van der Waals surface area contributed by atoms with Crippen molar-refractivity contribution >= 4 is 15.7 Å². The number of sulfone groups is 1. The molecule has 0 aromatic heterocycles. The first-order chi connectivity index (χ1) is 7.51. The van der Waals surface area contributed by atoms with Gasteiger partial charge in [-0.2, -0.15) is 0 Å². The van der Waals surface area contributed by atoms with Crippen molar-refractivity contribution in [3.8, 4) is 0 Å². The molecule has 1 aliphatic heterocycles. The van der Waals surface area contributed by atoms with E-state index in [1.165, 1.54) is 7.11 Å². The van der Waals surface area contributed by atoms with E-state index in [1.807, 2.05) is 0 Å². The third-order valence-corrected chi connectivity index (χ3v) is 5.26. The summed E-state index contributed by atoms with van der Waals surface area (Å²) in [7, 11) is -1.47. The minimum absolute atomic E-state index is 0.0603. The summed E-state index contributed by atoms with van der Waals surface area (Å²) in [6, 6.07) is 0. The first kappa shape index (κ1) is 13.4. The molecule has 0 unspecified atom stereocenters. The first-order valence-electron chi connectivity index (χ1n) is 5.49. The van der Waals surface area contributed by atoms with Crippen LogP contribution >= 0.6 is 0 Å². The van der Waals surface area contributed by atoms with Crippen LogP contribution in [0.2, 0.25) is 0 Å². The lowest BCUT2D eigenvalue weighted by Crippen LogP contribution is -2.44. The second-order valence-corrected chi connectivity index (χ2v) is 6.53. The van der Waals surface area contributed by atoms with E-state index < -0.39 is 9.84 Å². The number of hydrogen-bond donors (Lipinski definition) is 0. The van der Waals surface area contributed by atoms with Crippen molar-refractivity contribution in [2.75, 3.05) is 32.6 Å². The molecule has 0 atom stereocenters. The Bertz CT molecular complexity index is 331. The van der Waals surface area contributed by atoms with Gasteiger partial charge in [-0.1, -0.05) is 6.92 Å². The second-order valence-electron chi connectivity index (χ2n) is 3.96. The Balaban J connectivity index is 2.49. The SMILES string of the molecule is CCS(=O)(=O)C1CCN(C(=O)COC)CC1.